The lowest BCUT2D eigenvalue weighted by Crippen LogP contribution is -2.11. The van der Waals surface area contributed by atoms with Gasteiger partial charge in [-0.05, 0) is 105 Å². The molecule has 0 saturated heterocycles. The zero-order valence-corrected chi connectivity index (χ0v) is 28.1. The average Bonchev–Trinajstić information content (AvgIpc) is 3.49. The number of para-hydroxylation sites is 1. The SMILES string of the molecule is Cc1cc(C)c(-c2c(C)nn(-c3cccc(Oc4ccc5c6ccccc6n(-c6cccc(C(C)(C)C)c6)c5c4)c3)c2C)c(C)c1. The van der Waals surface area contributed by atoms with Crippen molar-refractivity contribution in [1.82, 2.24) is 14.3 Å². The Kier molecular flexibility index (Phi) is 7.12. The molecule has 0 spiro atoms. The minimum atomic E-state index is 0.0537. The van der Waals surface area contributed by atoms with Gasteiger partial charge in [-0.1, -0.05) is 74.9 Å². The van der Waals surface area contributed by atoms with E-state index in [4.69, 9.17) is 9.84 Å². The predicted molar refractivity (Wildman–Crippen MR) is 192 cm³/mol. The molecule has 7 rings (SSSR count). The second kappa shape index (κ2) is 11.1. The second-order valence-corrected chi connectivity index (χ2v) is 13.7. The van der Waals surface area contributed by atoms with Gasteiger partial charge in [0.05, 0.1) is 22.4 Å². The molecule has 46 heavy (non-hydrogen) atoms. The molecule has 0 atom stereocenters. The molecule has 4 heteroatoms. The number of rotatable bonds is 5. The minimum Gasteiger partial charge on any atom is -0.457 e. The van der Waals surface area contributed by atoms with Gasteiger partial charge >= 0.3 is 0 Å². The van der Waals surface area contributed by atoms with E-state index < -0.39 is 0 Å². The van der Waals surface area contributed by atoms with Crippen molar-refractivity contribution in [3.63, 3.8) is 0 Å². The van der Waals surface area contributed by atoms with Crippen LogP contribution in [0.1, 0.15) is 54.4 Å². The van der Waals surface area contributed by atoms with Crippen LogP contribution in [0.25, 0.3) is 44.3 Å². The summed E-state index contributed by atoms with van der Waals surface area (Å²) >= 11 is 0. The minimum absolute atomic E-state index is 0.0537. The lowest BCUT2D eigenvalue weighted by atomic mass is 9.87. The van der Waals surface area contributed by atoms with Gasteiger partial charge in [-0.25, -0.2) is 4.68 Å². The lowest BCUT2D eigenvalue weighted by Gasteiger charge is -2.20. The highest BCUT2D eigenvalue weighted by Crippen LogP contribution is 2.38. The van der Waals surface area contributed by atoms with Crippen LogP contribution in [-0.2, 0) is 5.41 Å². The van der Waals surface area contributed by atoms with E-state index in [0.717, 1.165) is 39.8 Å². The molecule has 0 unspecified atom stereocenters. The van der Waals surface area contributed by atoms with E-state index in [1.807, 2.05) is 16.8 Å². The van der Waals surface area contributed by atoms with Crippen LogP contribution in [0.5, 0.6) is 11.5 Å². The zero-order valence-electron chi connectivity index (χ0n) is 28.1. The van der Waals surface area contributed by atoms with Crippen molar-refractivity contribution in [2.75, 3.05) is 0 Å². The first-order valence-electron chi connectivity index (χ1n) is 16.1. The third-order valence-electron chi connectivity index (χ3n) is 9.13. The van der Waals surface area contributed by atoms with Gasteiger partial charge in [-0.15, -0.1) is 0 Å². The van der Waals surface area contributed by atoms with E-state index in [0.29, 0.717) is 0 Å². The summed E-state index contributed by atoms with van der Waals surface area (Å²) in [7, 11) is 0. The Morgan fingerprint density at radius 1 is 0.587 bits per heavy atom. The molecule has 2 heterocycles. The molecule has 0 radical (unpaired) electrons. The number of hydrogen-bond donors (Lipinski definition) is 0. The van der Waals surface area contributed by atoms with Crippen LogP contribution >= 0.6 is 0 Å². The van der Waals surface area contributed by atoms with Crippen LogP contribution in [0.4, 0.5) is 0 Å². The Labute approximate surface area is 271 Å². The Bertz CT molecular complexity index is 2250. The van der Waals surface area contributed by atoms with Crippen molar-refractivity contribution in [1.29, 1.82) is 0 Å². The maximum Gasteiger partial charge on any atom is 0.129 e. The number of nitrogens with zero attached hydrogens (tertiary/aromatic N) is 3. The molecule has 0 aliphatic heterocycles. The van der Waals surface area contributed by atoms with Crippen LogP contribution < -0.4 is 4.74 Å². The van der Waals surface area contributed by atoms with Crippen LogP contribution in [0.2, 0.25) is 0 Å². The van der Waals surface area contributed by atoms with Gasteiger partial charge in [0.2, 0.25) is 0 Å². The Balaban J connectivity index is 1.29. The second-order valence-electron chi connectivity index (χ2n) is 13.7. The monoisotopic (exact) mass is 603 g/mol. The number of aromatic nitrogens is 3. The average molecular weight is 604 g/mol. The molecule has 230 valence electrons. The topological polar surface area (TPSA) is 32.0 Å². The molecule has 0 saturated carbocycles. The Hall–Kier alpha value is -5.09. The molecule has 4 nitrogen and oxygen atoms in total. The van der Waals surface area contributed by atoms with E-state index in [1.54, 1.807) is 0 Å². The summed E-state index contributed by atoms with van der Waals surface area (Å²) in [4.78, 5) is 0. The number of benzene rings is 5. The van der Waals surface area contributed by atoms with Crippen LogP contribution in [-0.4, -0.2) is 14.3 Å². The molecule has 0 bridgehead atoms. The number of ether oxygens (including phenoxy) is 1. The summed E-state index contributed by atoms with van der Waals surface area (Å²) in [6, 6.07) is 36.6. The summed E-state index contributed by atoms with van der Waals surface area (Å²) in [6.07, 6.45) is 0. The summed E-state index contributed by atoms with van der Waals surface area (Å²) in [5.74, 6) is 1.56. The number of hydrogen-bond acceptors (Lipinski definition) is 2. The maximum absolute atomic E-state index is 6.57. The highest BCUT2D eigenvalue weighted by Gasteiger charge is 2.20. The third-order valence-corrected chi connectivity index (χ3v) is 9.13. The van der Waals surface area contributed by atoms with E-state index in [9.17, 15) is 0 Å². The molecule has 7 aromatic rings. The van der Waals surface area contributed by atoms with Crippen molar-refractivity contribution in [3.05, 3.63) is 137 Å². The predicted octanol–water partition coefficient (Wildman–Crippen LogP) is 11.3. The summed E-state index contributed by atoms with van der Waals surface area (Å²) in [5, 5.41) is 7.43. The summed E-state index contributed by atoms with van der Waals surface area (Å²) in [6.45, 7) is 17.6. The Morgan fingerprint density at radius 3 is 2.02 bits per heavy atom. The fourth-order valence-electron chi connectivity index (χ4n) is 7.05. The molecular weight excluding hydrogens is 562 g/mol. The molecule has 0 aliphatic carbocycles. The summed E-state index contributed by atoms with van der Waals surface area (Å²) in [5.41, 5.74) is 14.2. The highest BCUT2D eigenvalue weighted by molar-refractivity contribution is 6.09. The summed E-state index contributed by atoms with van der Waals surface area (Å²) < 4.78 is 11.0. The van der Waals surface area contributed by atoms with Gasteiger partial charge in [0.15, 0.2) is 0 Å². The number of aryl methyl sites for hydroxylation is 4. The van der Waals surface area contributed by atoms with Crippen LogP contribution in [0.3, 0.4) is 0 Å². The van der Waals surface area contributed by atoms with E-state index in [-0.39, 0.29) is 5.41 Å². The Morgan fingerprint density at radius 2 is 1.26 bits per heavy atom. The molecule has 5 aromatic carbocycles. The van der Waals surface area contributed by atoms with E-state index in [1.165, 1.54) is 49.7 Å². The van der Waals surface area contributed by atoms with Crippen molar-refractivity contribution in [3.8, 4) is 34.0 Å². The third kappa shape index (κ3) is 5.08. The van der Waals surface area contributed by atoms with Gasteiger partial charge in [0.1, 0.15) is 11.5 Å². The first kappa shape index (κ1) is 29.6. The highest BCUT2D eigenvalue weighted by atomic mass is 16.5. The molecule has 0 aliphatic rings. The van der Waals surface area contributed by atoms with Gasteiger partial charge in [0.25, 0.3) is 0 Å². The van der Waals surface area contributed by atoms with Gasteiger partial charge in [-0.3, -0.25) is 0 Å². The molecule has 2 aromatic heterocycles. The fraction of sp³-hybridized carbons (Fsp3) is 0.214. The first-order valence-corrected chi connectivity index (χ1v) is 16.1. The van der Waals surface area contributed by atoms with Gasteiger partial charge in [0, 0.05) is 39.8 Å². The van der Waals surface area contributed by atoms with E-state index >= 15 is 0 Å². The van der Waals surface area contributed by atoms with Crippen LogP contribution in [0, 0.1) is 34.6 Å². The fourth-order valence-corrected chi connectivity index (χ4v) is 7.05. The van der Waals surface area contributed by atoms with Crippen molar-refractivity contribution >= 4 is 21.8 Å². The molecule has 0 N–H and O–H groups in total. The normalized spacial score (nSPS) is 11.9. The van der Waals surface area contributed by atoms with Crippen LogP contribution in [0.15, 0.2) is 103 Å². The molecular formula is C42H41N3O. The maximum atomic E-state index is 6.57. The largest absolute Gasteiger partial charge is 0.457 e. The van der Waals surface area contributed by atoms with Crippen molar-refractivity contribution < 1.29 is 4.74 Å². The van der Waals surface area contributed by atoms with Crippen molar-refractivity contribution in [2.24, 2.45) is 0 Å². The zero-order chi connectivity index (χ0) is 32.3. The standard InChI is InChI=1S/C42H41N3O/c1-26-21-27(2)40(28(3)22-26)41-29(4)43-45(30(41)5)33-15-12-16-34(24-33)46-35-19-20-37-36-17-9-10-18-38(36)44(39(37)25-35)32-14-11-13-31(23-32)42(6,7)8/h9-25H,1-8H3. The van der Waals surface area contributed by atoms with E-state index in [2.05, 4.69) is 151 Å². The first-order chi connectivity index (χ1) is 22.0. The van der Waals surface area contributed by atoms with Gasteiger partial charge in [-0.2, -0.15) is 5.10 Å². The number of fused-ring (bicyclic) bond motifs is 3. The van der Waals surface area contributed by atoms with Crippen molar-refractivity contribution in [2.45, 2.75) is 60.8 Å². The smallest absolute Gasteiger partial charge is 0.129 e. The molecule has 0 fully saturated rings. The molecule has 0 amide bonds. The quantitative estimate of drug-likeness (QED) is 0.196. The lowest BCUT2D eigenvalue weighted by molar-refractivity contribution is 0.483. The van der Waals surface area contributed by atoms with Gasteiger partial charge < -0.3 is 9.30 Å².